The quantitative estimate of drug-likeness (QED) is 0.150. The van der Waals surface area contributed by atoms with Gasteiger partial charge >= 0.3 is 6.09 Å². The van der Waals surface area contributed by atoms with E-state index in [4.69, 9.17) is 16.3 Å². The number of para-hydroxylation sites is 1. The van der Waals surface area contributed by atoms with Crippen LogP contribution >= 0.6 is 11.6 Å². The molecule has 0 aliphatic heterocycles. The van der Waals surface area contributed by atoms with E-state index in [1.165, 1.54) is 0 Å². The Balaban J connectivity index is 2.10. The van der Waals surface area contributed by atoms with E-state index in [1.54, 1.807) is 37.8 Å². The number of unbranched alkanes of at least 4 members (excludes halogenated alkanes) is 5. The third kappa shape index (κ3) is 11.9. The number of aryl methyl sites for hydroxylation is 1. The Morgan fingerprint density at radius 3 is 2.28 bits per heavy atom. The lowest BCUT2D eigenvalue weighted by Gasteiger charge is -2.35. The van der Waals surface area contributed by atoms with Crippen molar-refractivity contribution in [2.45, 2.75) is 97.2 Å². The van der Waals surface area contributed by atoms with Gasteiger partial charge in [0.25, 0.3) is 5.91 Å². The number of benzene rings is 3. The predicted molar refractivity (Wildman–Crippen MR) is 192 cm³/mol. The minimum atomic E-state index is -1.02. The molecule has 0 aliphatic rings. The summed E-state index contributed by atoms with van der Waals surface area (Å²) in [5.41, 5.74) is 2.83. The molecule has 47 heavy (non-hydrogen) atoms. The van der Waals surface area contributed by atoms with Crippen molar-refractivity contribution >= 4 is 41.3 Å². The Hall–Kier alpha value is -4.10. The summed E-state index contributed by atoms with van der Waals surface area (Å²) < 4.78 is 5.57. The molecular weight excluding hydrogens is 610 g/mol. The summed E-state index contributed by atoms with van der Waals surface area (Å²) in [4.78, 5) is 43.9. The number of halogens is 1. The first-order valence-corrected chi connectivity index (χ1v) is 16.9. The molecule has 3 aromatic carbocycles. The van der Waals surface area contributed by atoms with Gasteiger partial charge in [0.15, 0.2) is 0 Å². The lowest BCUT2D eigenvalue weighted by Crippen LogP contribution is -2.53. The van der Waals surface area contributed by atoms with Crippen LogP contribution in [0.2, 0.25) is 5.02 Å². The molecule has 2 N–H and O–H groups in total. The average molecular weight is 660 g/mol. The van der Waals surface area contributed by atoms with Crippen LogP contribution in [-0.2, 0) is 20.7 Å². The van der Waals surface area contributed by atoms with Crippen LogP contribution in [0.25, 0.3) is 6.08 Å². The van der Waals surface area contributed by atoms with Gasteiger partial charge in [-0.3, -0.25) is 9.59 Å². The number of hydrogen-bond acceptors (Lipinski definition) is 4. The summed E-state index contributed by atoms with van der Waals surface area (Å²) in [7, 11) is 0. The molecule has 2 atom stereocenters. The molecule has 2 unspecified atom stereocenters. The maximum atomic E-state index is 14.8. The van der Waals surface area contributed by atoms with Crippen molar-refractivity contribution in [1.82, 2.24) is 10.2 Å². The molecular formula is C39H50ClN3O4. The lowest BCUT2D eigenvalue weighted by molar-refractivity contribution is -0.140. The van der Waals surface area contributed by atoms with Crippen LogP contribution in [0.5, 0.6) is 0 Å². The highest BCUT2D eigenvalue weighted by Crippen LogP contribution is 2.30. The number of anilines is 1. The largest absolute Gasteiger partial charge is 0.444 e. The fourth-order valence-electron chi connectivity index (χ4n) is 5.44. The first kappa shape index (κ1) is 37.4. The van der Waals surface area contributed by atoms with Gasteiger partial charge in [0.05, 0.1) is 10.7 Å². The molecule has 0 bridgehead atoms. The van der Waals surface area contributed by atoms with Crippen molar-refractivity contribution in [2.24, 2.45) is 0 Å². The fourth-order valence-corrected chi connectivity index (χ4v) is 5.71. The molecule has 0 aromatic heterocycles. The second-order valence-electron chi connectivity index (χ2n) is 12.9. The molecule has 3 aromatic rings. The molecule has 7 nitrogen and oxygen atoms in total. The maximum Gasteiger partial charge on any atom is 0.408 e. The zero-order chi connectivity index (χ0) is 34.4. The number of nitrogens with one attached hydrogen (secondary N) is 2. The molecule has 8 heteroatoms. The molecule has 0 saturated carbocycles. The van der Waals surface area contributed by atoms with Crippen LogP contribution in [0.4, 0.5) is 10.5 Å². The fraction of sp³-hybridized carbons (Fsp3) is 0.410. The summed E-state index contributed by atoms with van der Waals surface area (Å²) >= 11 is 6.54. The lowest BCUT2D eigenvalue weighted by atomic mass is 9.98. The van der Waals surface area contributed by atoms with Crippen molar-refractivity contribution in [3.8, 4) is 0 Å². The molecule has 252 valence electrons. The number of rotatable bonds is 16. The topological polar surface area (TPSA) is 87.7 Å². The maximum absolute atomic E-state index is 14.8. The van der Waals surface area contributed by atoms with Crippen LogP contribution in [0.15, 0.2) is 79.4 Å². The number of nitrogens with zero attached hydrogens (tertiary/aromatic N) is 1. The van der Waals surface area contributed by atoms with E-state index in [0.29, 0.717) is 29.2 Å². The number of carbonyl (C=O) groups is 3. The number of ether oxygens (including phenoxy) is 1. The molecule has 3 amide bonds. The van der Waals surface area contributed by atoms with Crippen molar-refractivity contribution < 1.29 is 19.1 Å². The van der Waals surface area contributed by atoms with Gasteiger partial charge in [0.2, 0.25) is 5.91 Å². The summed E-state index contributed by atoms with van der Waals surface area (Å²) in [6, 6.07) is 20.3. The van der Waals surface area contributed by atoms with Crippen LogP contribution in [0, 0.1) is 6.92 Å². The van der Waals surface area contributed by atoms with Crippen LogP contribution in [0.1, 0.15) is 94.5 Å². The highest BCUT2D eigenvalue weighted by molar-refractivity contribution is 6.34. The zero-order valence-electron chi connectivity index (χ0n) is 28.5. The van der Waals surface area contributed by atoms with E-state index in [1.807, 2.05) is 73.7 Å². The highest BCUT2D eigenvalue weighted by Gasteiger charge is 2.36. The Morgan fingerprint density at radius 1 is 0.936 bits per heavy atom. The number of alkyl carbamates (subject to hydrolysis) is 1. The average Bonchev–Trinajstić information content (AvgIpc) is 3.03. The summed E-state index contributed by atoms with van der Waals surface area (Å²) in [6.07, 6.45) is 7.24. The van der Waals surface area contributed by atoms with Gasteiger partial charge in [-0.25, -0.2) is 4.79 Å². The van der Waals surface area contributed by atoms with Gasteiger partial charge in [-0.1, -0.05) is 124 Å². The van der Waals surface area contributed by atoms with E-state index in [-0.39, 0.29) is 12.3 Å². The number of hydrogen-bond donors (Lipinski definition) is 2. The van der Waals surface area contributed by atoms with Crippen LogP contribution < -0.4 is 10.6 Å². The smallest absolute Gasteiger partial charge is 0.408 e. The summed E-state index contributed by atoms with van der Waals surface area (Å²) in [5.74, 6) is -0.786. The molecule has 0 spiro atoms. The van der Waals surface area contributed by atoms with Crippen molar-refractivity contribution in [2.75, 3.05) is 11.9 Å². The van der Waals surface area contributed by atoms with Gasteiger partial charge in [-0.2, -0.15) is 0 Å². The Bertz CT molecular complexity index is 1460. The van der Waals surface area contributed by atoms with E-state index in [2.05, 4.69) is 24.1 Å². The van der Waals surface area contributed by atoms with E-state index >= 15 is 0 Å². The molecule has 0 aliphatic carbocycles. The number of carbonyl (C=O) groups excluding carboxylic acids is 3. The summed E-state index contributed by atoms with van der Waals surface area (Å²) in [6.45, 7) is 13.6. The molecule has 3 rings (SSSR count). The second kappa shape index (κ2) is 18.3. The van der Waals surface area contributed by atoms with Gasteiger partial charge in [0.1, 0.15) is 17.7 Å². The third-order valence-corrected chi connectivity index (χ3v) is 8.11. The Labute approximate surface area is 285 Å². The van der Waals surface area contributed by atoms with Gasteiger partial charge < -0.3 is 20.3 Å². The minimum absolute atomic E-state index is 0.219. The SMILES string of the molecule is C=Cc1cccc(C(C(=O)Nc2c(C)cccc2Cl)N(CCCCCCCC)C(=O)C(Cc2ccccc2)NC(=O)OC(C)(C)C)c1. The first-order valence-electron chi connectivity index (χ1n) is 16.6. The third-order valence-electron chi connectivity index (χ3n) is 7.80. The molecule has 0 saturated heterocycles. The van der Waals surface area contributed by atoms with Crippen LogP contribution in [-0.4, -0.2) is 41.0 Å². The van der Waals surface area contributed by atoms with E-state index < -0.39 is 29.7 Å². The highest BCUT2D eigenvalue weighted by atomic mass is 35.5. The zero-order valence-corrected chi connectivity index (χ0v) is 29.2. The van der Waals surface area contributed by atoms with E-state index in [9.17, 15) is 14.4 Å². The van der Waals surface area contributed by atoms with Crippen LogP contribution in [0.3, 0.4) is 0 Å². The summed E-state index contributed by atoms with van der Waals surface area (Å²) in [5, 5.41) is 6.26. The van der Waals surface area contributed by atoms with Crippen molar-refractivity contribution in [1.29, 1.82) is 0 Å². The molecule has 0 fully saturated rings. The van der Waals surface area contributed by atoms with Gasteiger partial charge in [-0.15, -0.1) is 0 Å². The first-order chi connectivity index (χ1) is 22.4. The Kier molecular flexibility index (Phi) is 14.5. The molecule has 0 heterocycles. The normalized spacial score (nSPS) is 12.5. The second-order valence-corrected chi connectivity index (χ2v) is 13.3. The predicted octanol–water partition coefficient (Wildman–Crippen LogP) is 9.30. The minimum Gasteiger partial charge on any atom is -0.444 e. The van der Waals surface area contributed by atoms with Crippen molar-refractivity contribution in [3.63, 3.8) is 0 Å². The van der Waals surface area contributed by atoms with Gasteiger partial charge in [0, 0.05) is 13.0 Å². The van der Waals surface area contributed by atoms with Gasteiger partial charge in [-0.05, 0) is 68.5 Å². The Morgan fingerprint density at radius 2 is 1.62 bits per heavy atom. The standard InChI is InChI=1S/C39H50ClN3O4/c1-7-9-10-11-12-16-25-43(37(45)33(27-30-20-14-13-15-21-30)41-38(46)47-39(4,5)6)35(31-23-18-22-29(8-2)26-31)36(44)42-34-28(3)19-17-24-32(34)40/h8,13-15,17-24,26,33,35H,2,7,9-12,16,25,27H2,1,3-6H3,(H,41,46)(H,42,44). The van der Waals surface area contributed by atoms with E-state index in [0.717, 1.165) is 48.8 Å². The monoisotopic (exact) mass is 659 g/mol. The van der Waals surface area contributed by atoms with Crippen molar-refractivity contribution in [3.05, 3.63) is 107 Å². The molecule has 0 radical (unpaired) electrons. The number of amides is 3.